The summed E-state index contributed by atoms with van der Waals surface area (Å²) >= 11 is 6.46. The minimum absolute atomic E-state index is 0.000413. The Hall–Kier alpha value is -3.37. The highest BCUT2D eigenvalue weighted by Crippen LogP contribution is 2.32. The molecule has 0 saturated carbocycles. The molecular weight excluding hydrogens is 448 g/mol. The summed E-state index contributed by atoms with van der Waals surface area (Å²) in [5, 5.41) is 2.70. The zero-order valence-electron chi connectivity index (χ0n) is 17.4. The van der Waals surface area contributed by atoms with Gasteiger partial charge in [0, 0.05) is 26.1 Å². The lowest BCUT2D eigenvalue weighted by molar-refractivity contribution is -0.122. The molecule has 164 valence electrons. The Labute approximate surface area is 193 Å². The van der Waals surface area contributed by atoms with Crippen LogP contribution < -0.4 is 10.9 Å². The number of amides is 2. The average Bonchev–Trinajstić information content (AvgIpc) is 3.44. The summed E-state index contributed by atoms with van der Waals surface area (Å²) < 4.78 is 8.80. The zero-order chi connectivity index (χ0) is 22.8. The van der Waals surface area contributed by atoms with E-state index in [0.717, 1.165) is 11.8 Å². The van der Waals surface area contributed by atoms with Gasteiger partial charge >= 0.3 is 0 Å². The first kappa shape index (κ1) is 21.8. The third-order valence-corrected chi connectivity index (χ3v) is 6.45. The van der Waals surface area contributed by atoms with Crippen LogP contribution in [0.25, 0.3) is 11.8 Å². The maximum absolute atomic E-state index is 12.9. The largest absolute Gasteiger partial charge is 0.465 e. The quantitative estimate of drug-likeness (QED) is 0.441. The van der Waals surface area contributed by atoms with E-state index >= 15 is 0 Å². The number of hydrogen-bond donors (Lipinski definition) is 1. The SMILES string of the molecule is Cc1c(NC(=O)CCN2C(=O)/C(=C\c3ccco3)SC2=S)c(=O)n(-c2ccccc2)n1C. The van der Waals surface area contributed by atoms with Crippen molar-refractivity contribution in [3.8, 4) is 5.69 Å². The van der Waals surface area contributed by atoms with Crippen LogP contribution in [0.3, 0.4) is 0 Å². The molecule has 32 heavy (non-hydrogen) atoms. The predicted molar refractivity (Wildman–Crippen MR) is 128 cm³/mol. The predicted octanol–water partition coefficient (Wildman–Crippen LogP) is 3.31. The summed E-state index contributed by atoms with van der Waals surface area (Å²) in [6.45, 7) is 1.88. The van der Waals surface area contributed by atoms with Gasteiger partial charge < -0.3 is 9.73 Å². The third-order valence-electron chi connectivity index (χ3n) is 5.07. The van der Waals surface area contributed by atoms with Crippen molar-refractivity contribution in [1.29, 1.82) is 0 Å². The van der Waals surface area contributed by atoms with Crippen molar-refractivity contribution in [2.45, 2.75) is 13.3 Å². The number of rotatable bonds is 6. The zero-order valence-corrected chi connectivity index (χ0v) is 19.0. The molecule has 1 saturated heterocycles. The summed E-state index contributed by atoms with van der Waals surface area (Å²) in [4.78, 5) is 40.0. The fourth-order valence-electron chi connectivity index (χ4n) is 3.32. The Morgan fingerprint density at radius 3 is 2.62 bits per heavy atom. The topological polar surface area (TPSA) is 89.5 Å². The summed E-state index contributed by atoms with van der Waals surface area (Å²) in [5.41, 5.74) is 1.21. The number of carbonyl (C=O) groups excluding carboxylic acids is 2. The van der Waals surface area contributed by atoms with Gasteiger partial charge in [-0.3, -0.25) is 24.0 Å². The Morgan fingerprint density at radius 2 is 1.94 bits per heavy atom. The van der Waals surface area contributed by atoms with Gasteiger partial charge in [-0.1, -0.05) is 42.2 Å². The monoisotopic (exact) mass is 468 g/mol. The first-order chi connectivity index (χ1) is 15.4. The molecule has 3 aromatic rings. The Balaban J connectivity index is 1.44. The van der Waals surface area contributed by atoms with Crippen LogP contribution in [-0.4, -0.2) is 36.9 Å². The van der Waals surface area contributed by atoms with Crippen LogP contribution in [0.15, 0.2) is 62.8 Å². The van der Waals surface area contributed by atoms with Gasteiger partial charge in [-0.15, -0.1) is 0 Å². The Bertz CT molecular complexity index is 1270. The van der Waals surface area contributed by atoms with Crippen LogP contribution >= 0.6 is 24.0 Å². The third kappa shape index (κ3) is 4.19. The molecule has 2 aromatic heterocycles. The first-order valence-electron chi connectivity index (χ1n) is 9.79. The highest BCUT2D eigenvalue weighted by atomic mass is 32.2. The van der Waals surface area contributed by atoms with E-state index in [0.29, 0.717) is 26.4 Å². The fraction of sp³-hybridized carbons (Fsp3) is 0.182. The Morgan fingerprint density at radius 1 is 1.19 bits per heavy atom. The van der Waals surface area contributed by atoms with Crippen LogP contribution in [-0.2, 0) is 16.6 Å². The average molecular weight is 469 g/mol. The first-order valence-corrected chi connectivity index (χ1v) is 11.0. The Kier molecular flexibility index (Phi) is 6.15. The molecule has 2 amide bonds. The molecule has 3 heterocycles. The second-order valence-electron chi connectivity index (χ2n) is 7.08. The van der Waals surface area contributed by atoms with Crippen molar-refractivity contribution in [3.05, 3.63) is 75.4 Å². The molecule has 10 heteroatoms. The van der Waals surface area contributed by atoms with E-state index in [9.17, 15) is 14.4 Å². The van der Waals surface area contributed by atoms with Crippen molar-refractivity contribution in [1.82, 2.24) is 14.3 Å². The van der Waals surface area contributed by atoms with E-state index in [1.807, 2.05) is 30.3 Å². The van der Waals surface area contributed by atoms with Crippen molar-refractivity contribution in [3.63, 3.8) is 0 Å². The van der Waals surface area contributed by atoms with Crippen molar-refractivity contribution in [2.75, 3.05) is 11.9 Å². The van der Waals surface area contributed by atoms with Gasteiger partial charge in [-0.05, 0) is 31.2 Å². The number of hydrogen-bond acceptors (Lipinski definition) is 6. The highest BCUT2D eigenvalue weighted by Gasteiger charge is 2.32. The van der Waals surface area contributed by atoms with Gasteiger partial charge in [0.15, 0.2) is 0 Å². The van der Waals surface area contributed by atoms with Gasteiger partial charge in [0.25, 0.3) is 11.5 Å². The molecule has 0 radical (unpaired) electrons. The molecule has 1 aliphatic rings. The molecule has 8 nitrogen and oxygen atoms in total. The molecule has 0 aliphatic carbocycles. The van der Waals surface area contributed by atoms with Crippen LogP contribution in [0.1, 0.15) is 17.9 Å². The van der Waals surface area contributed by atoms with Gasteiger partial charge in [0.05, 0.1) is 22.5 Å². The molecule has 1 aliphatic heterocycles. The summed E-state index contributed by atoms with van der Waals surface area (Å²) in [7, 11) is 1.75. The minimum atomic E-state index is -0.375. The maximum atomic E-state index is 12.9. The molecule has 0 atom stereocenters. The number of anilines is 1. The van der Waals surface area contributed by atoms with Crippen molar-refractivity contribution >= 4 is 51.9 Å². The summed E-state index contributed by atoms with van der Waals surface area (Å²) in [6.07, 6.45) is 3.15. The molecule has 0 spiro atoms. The van der Waals surface area contributed by atoms with E-state index in [1.54, 1.807) is 36.9 Å². The van der Waals surface area contributed by atoms with Crippen LogP contribution in [0.5, 0.6) is 0 Å². The number of furan rings is 1. The van der Waals surface area contributed by atoms with Gasteiger partial charge in [0.1, 0.15) is 15.8 Å². The van der Waals surface area contributed by atoms with E-state index in [-0.39, 0.29) is 36.0 Å². The number of para-hydroxylation sites is 1. The lowest BCUT2D eigenvalue weighted by Crippen LogP contribution is -2.32. The lowest BCUT2D eigenvalue weighted by atomic mass is 10.3. The van der Waals surface area contributed by atoms with E-state index in [2.05, 4.69) is 5.32 Å². The molecule has 1 N–H and O–H groups in total. The smallest absolute Gasteiger partial charge is 0.295 e. The standard InChI is InChI=1S/C22H20N4O4S2/c1-14-19(21(29)26(24(14)2)15-7-4-3-5-8-15)23-18(27)10-11-25-20(28)17(32-22(25)31)13-16-9-6-12-30-16/h3-9,12-13H,10-11H2,1-2H3,(H,23,27)/b17-13+. The molecule has 0 unspecified atom stereocenters. The van der Waals surface area contributed by atoms with Crippen LogP contribution in [0, 0.1) is 6.92 Å². The summed E-state index contributed by atoms with van der Waals surface area (Å²) in [6, 6.07) is 12.6. The molecule has 0 bridgehead atoms. The number of carbonyl (C=O) groups is 2. The minimum Gasteiger partial charge on any atom is -0.465 e. The second-order valence-corrected chi connectivity index (χ2v) is 8.76. The van der Waals surface area contributed by atoms with Gasteiger partial charge in [-0.2, -0.15) is 0 Å². The van der Waals surface area contributed by atoms with E-state index < -0.39 is 0 Å². The molecule has 4 rings (SSSR count). The summed E-state index contributed by atoms with van der Waals surface area (Å²) in [5.74, 6) is -0.0934. The molecule has 1 fully saturated rings. The molecular formula is C22H20N4O4S2. The number of benzene rings is 1. The fourth-order valence-corrected chi connectivity index (χ4v) is 4.61. The van der Waals surface area contributed by atoms with Crippen LogP contribution in [0.2, 0.25) is 0 Å². The molecule has 1 aromatic carbocycles. The highest BCUT2D eigenvalue weighted by molar-refractivity contribution is 8.26. The number of thioether (sulfide) groups is 1. The normalized spacial score (nSPS) is 15.1. The number of nitrogens with zero attached hydrogens (tertiary/aromatic N) is 3. The second kappa shape index (κ2) is 9.01. The number of thiocarbonyl (C=S) groups is 1. The van der Waals surface area contributed by atoms with Crippen molar-refractivity contribution < 1.29 is 14.0 Å². The van der Waals surface area contributed by atoms with Crippen LogP contribution in [0.4, 0.5) is 5.69 Å². The van der Waals surface area contributed by atoms with E-state index in [1.165, 1.54) is 15.8 Å². The lowest BCUT2D eigenvalue weighted by Gasteiger charge is -2.13. The number of aromatic nitrogens is 2. The van der Waals surface area contributed by atoms with Gasteiger partial charge in [0.2, 0.25) is 5.91 Å². The van der Waals surface area contributed by atoms with Gasteiger partial charge in [-0.25, -0.2) is 4.68 Å². The van der Waals surface area contributed by atoms with Crippen molar-refractivity contribution in [2.24, 2.45) is 7.05 Å². The maximum Gasteiger partial charge on any atom is 0.295 e. The number of nitrogens with one attached hydrogen (secondary N) is 1. The van der Waals surface area contributed by atoms with E-state index in [4.69, 9.17) is 16.6 Å².